The zero-order valence-electron chi connectivity index (χ0n) is 7.66. The third-order valence-electron chi connectivity index (χ3n) is 3.69. The zero-order valence-corrected chi connectivity index (χ0v) is 7.66. The molecule has 2 aliphatic carbocycles. The third kappa shape index (κ3) is 0.910. The van der Waals surface area contributed by atoms with E-state index in [2.05, 4.69) is 24.3 Å². The Morgan fingerprint density at radius 2 is 1.54 bits per heavy atom. The maximum Gasteiger partial charge on any atom is 0.0746 e. The lowest BCUT2D eigenvalue weighted by Crippen LogP contribution is -2.27. The van der Waals surface area contributed by atoms with Crippen molar-refractivity contribution in [2.75, 3.05) is 0 Å². The average Bonchev–Trinajstić information content (AvgIpc) is 3.01. The van der Waals surface area contributed by atoms with E-state index in [0.717, 1.165) is 12.8 Å². The highest BCUT2D eigenvalue weighted by atomic mass is 16.3. The van der Waals surface area contributed by atoms with Crippen molar-refractivity contribution in [3.05, 3.63) is 35.9 Å². The molecule has 1 aromatic carbocycles. The Morgan fingerprint density at radius 3 is 2.00 bits per heavy atom. The summed E-state index contributed by atoms with van der Waals surface area (Å²) in [6, 6.07) is 10.5. The van der Waals surface area contributed by atoms with Gasteiger partial charge in [-0.25, -0.2) is 0 Å². The number of benzene rings is 1. The van der Waals surface area contributed by atoms with Crippen LogP contribution in [0.5, 0.6) is 0 Å². The van der Waals surface area contributed by atoms with Crippen LogP contribution in [0.3, 0.4) is 0 Å². The normalized spacial score (nSPS) is 26.8. The number of hydrogen-bond acceptors (Lipinski definition) is 1. The maximum absolute atomic E-state index is 10.2. The van der Waals surface area contributed by atoms with Crippen LogP contribution in [0.2, 0.25) is 0 Å². The van der Waals surface area contributed by atoms with Gasteiger partial charge in [-0.05, 0) is 31.2 Å². The fraction of sp³-hybridized carbons (Fsp3) is 0.500. The van der Waals surface area contributed by atoms with Gasteiger partial charge in [0, 0.05) is 5.41 Å². The molecule has 0 aromatic heterocycles. The van der Waals surface area contributed by atoms with Crippen LogP contribution in [0.15, 0.2) is 30.3 Å². The lowest BCUT2D eigenvalue weighted by molar-refractivity contribution is 0.106. The molecule has 0 atom stereocenters. The minimum atomic E-state index is -0.339. The van der Waals surface area contributed by atoms with E-state index in [1.165, 1.54) is 18.4 Å². The van der Waals surface area contributed by atoms with Crippen LogP contribution in [-0.2, 0) is 5.41 Å². The molecular weight excluding hydrogens is 160 g/mol. The van der Waals surface area contributed by atoms with Crippen molar-refractivity contribution in [3.8, 4) is 0 Å². The van der Waals surface area contributed by atoms with Crippen molar-refractivity contribution in [1.82, 2.24) is 0 Å². The minimum Gasteiger partial charge on any atom is -0.389 e. The molecule has 68 valence electrons. The van der Waals surface area contributed by atoms with Gasteiger partial charge in [0.05, 0.1) is 5.60 Å². The monoisotopic (exact) mass is 174 g/mol. The molecule has 0 heterocycles. The molecule has 2 aliphatic rings. The summed E-state index contributed by atoms with van der Waals surface area (Å²) in [6.45, 7) is 0. The SMILES string of the molecule is OC1(C2(c3ccccc3)CC2)CC1. The smallest absolute Gasteiger partial charge is 0.0746 e. The minimum absolute atomic E-state index is 0.147. The molecule has 0 spiro atoms. The van der Waals surface area contributed by atoms with Crippen LogP contribution in [0.4, 0.5) is 0 Å². The molecule has 0 aliphatic heterocycles. The Balaban J connectivity index is 2.01. The van der Waals surface area contributed by atoms with Crippen molar-refractivity contribution >= 4 is 0 Å². The number of hydrogen-bond donors (Lipinski definition) is 1. The Kier molecular flexibility index (Phi) is 1.26. The summed E-state index contributed by atoms with van der Waals surface area (Å²) >= 11 is 0. The molecule has 1 heteroatoms. The molecule has 0 bridgehead atoms. The number of rotatable bonds is 2. The third-order valence-corrected chi connectivity index (χ3v) is 3.69. The summed E-state index contributed by atoms with van der Waals surface area (Å²) in [7, 11) is 0. The summed E-state index contributed by atoms with van der Waals surface area (Å²) in [5.74, 6) is 0. The summed E-state index contributed by atoms with van der Waals surface area (Å²) in [4.78, 5) is 0. The molecule has 0 unspecified atom stereocenters. The molecule has 0 radical (unpaired) electrons. The van der Waals surface area contributed by atoms with Gasteiger partial charge < -0.3 is 5.11 Å². The summed E-state index contributed by atoms with van der Waals surface area (Å²) in [5.41, 5.74) is 1.15. The average molecular weight is 174 g/mol. The molecule has 1 nitrogen and oxygen atoms in total. The summed E-state index contributed by atoms with van der Waals surface area (Å²) in [5, 5.41) is 10.2. The Labute approximate surface area is 78.4 Å². The van der Waals surface area contributed by atoms with E-state index in [9.17, 15) is 5.11 Å². The maximum atomic E-state index is 10.2. The molecule has 1 aromatic rings. The Hall–Kier alpha value is -0.820. The predicted molar refractivity (Wildman–Crippen MR) is 51.5 cm³/mol. The first kappa shape index (κ1) is 7.57. The van der Waals surface area contributed by atoms with E-state index in [0.29, 0.717) is 0 Å². The van der Waals surface area contributed by atoms with Gasteiger partial charge in [-0.1, -0.05) is 30.3 Å². The van der Waals surface area contributed by atoms with Gasteiger partial charge in [0.25, 0.3) is 0 Å². The molecule has 3 rings (SSSR count). The predicted octanol–water partition coefficient (Wildman–Crippen LogP) is 2.24. The lowest BCUT2D eigenvalue weighted by Gasteiger charge is -2.21. The second-order valence-corrected chi connectivity index (χ2v) is 4.48. The largest absolute Gasteiger partial charge is 0.389 e. The molecule has 1 N–H and O–H groups in total. The van der Waals surface area contributed by atoms with Gasteiger partial charge in [0.1, 0.15) is 0 Å². The summed E-state index contributed by atoms with van der Waals surface area (Å²) in [6.07, 6.45) is 4.35. The van der Waals surface area contributed by atoms with Crippen LogP contribution in [-0.4, -0.2) is 10.7 Å². The fourth-order valence-corrected chi connectivity index (χ4v) is 2.50. The Bertz CT molecular complexity index is 320. The van der Waals surface area contributed by atoms with E-state index in [1.807, 2.05) is 6.07 Å². The van der Waals surface area contributed by atoms with Crippen molar-refractivity contribution in [2.45, 2.75) is 36.7 Å². The molecule has 2 saturated carbocycles. The lowest BCUT2D eigenvalue weighted by atomic mass is 9.88. The van der Waals surface area contributed by atoms with E-state index < -0.39 is 0 Å². The first-order valence-electron chi connectivity index (χ1n) is 5.05. The highest BCUT2D eigenvalue weighted by Crippen LogP contribution is 2.64. The van der Waals surface area contributed by atoms with E-state index in [-0.39, 0.29) is 11.0 Å². The fourth-order valence-electron chi connectivity index (χ4n) is 2.50. The van der Waals surface area contributed by atoms with Crippen molar-refractivity contribution in [2.24, 2.45) is 0 Å². The molecule has 0 amide bonds. The van der Waals surface area contributed by atoms with Gasteiger partial charge >= 0.3 is 0 Å². The van der Waals surface area contributed by atoms with Gasteiger partial charge in [-0.2, -0.15) is 0 Å². The van der Waals surface area contributed by atoms with Gasteiger partial charge in [-0.15, -0.1) is 0 Å². The van der Waals surface area contributed by atoms with Crippen molar-refractivity contribution in [3.63, 3.8) is 0 Å². The zero-order chi connectivity index (χ0) is 8.94. The molecular formula is C12H14O. The van der Waals surface area contributed by atoms with Gasteiger partial charge in [0.15, 0.2) is 0 Å². The summed E-state index contributed by atoms with van der Waals surface area (Å²) < 4.78 is 0. The van der Waals surface area contributed by atoms with E-state index in [1.54, 1.807) is 0 Å². The second kappa shape index (κ2) is 2.16. The first-order valence-corrected chi connectivity index (χ1v) is 5.05. The second-order valence-electron chi connectivity index (χ2n) is 4.48. The van der Waals surface area contributed by atoms with Crippen molar-refractivity contribution < 1.29 is 5.11 Å². The Morgan fingerprint density at radius 1 is 0.923 bits per heavy atom. The van der Waals surface area contributed by atoms with Crippen LogP contribution in [0, 0.1) is 0 Å². The van der Waals surface area contributed by atoms with Crippen LogP contribution in [0.1, 0.15) is 31.2 Å². The van der Waals surface area contributed by atoms with Gasteiger partial charge in [0.2, 0.25) is 0 Å². The number of aliphatic hydroxyl groups is 1. The molecule has 0 saturated heterocycles. The topological polar surface area (TPSA) is 20.2 Å². The molecule has 13 heavy (non-hydrogen) atoms. The van der Waals surface area contributed by atoms with Crippen LogP contribution in [0.25, 0.3) is 0 Å². The van der Waals surface area contributed by atoms with Gasteiger partial charge in [-0.3, -0.25) is 0 Å². The quantitative estimate of drug-likeness (QED) is 0.729. The van der Waals surface area contributed by atoms with E-state index in [4.69, 9.17) is 0 Å². The molecule has 2 fully saturated rings. The van der Waals surface area contributed by atoms with E-state index >= 15 is 0 Å². The van der Waals surface area contributed by atoms with Crippen LogP contribution >= 0.6 is 0 Å². The highest BCUT2D eigenvalue weighted by molar-refractivity contribution is 5.38. The van der Waals surface area contributed by atoms with Crippen LogP contribution < -0.4 is 0 Å². The standard InChI is InChI=1S/C12H14O/c13-12(8-9-12)11(6-7-11)10-4-2-1-3-5-10/h1-5,13H,6-9H2. The van der Waals surface area contributed by atoms with Crippen molar-refractivity contribution in [1.29, 1.82) is 0 Å². The highest BCUT2D eigenvalue weighted by Gasteiger charge is 2.65. The first-order chi connectivity index (χ1) is 6.27.